The zero-order valence-corrected chi connectivity index (χ0v) is 15.9. The molecule has 0 bridgehead atoms. The van der Waals surface area contributed by atoms with Gasteiger partial charge in [-0.2, -0.15) is 0 Å². The number of nitrogens with zero attached hydrogens (tertiary/aromatic N) is 3. The lowest BCUT2D eigenvalue weighted by Gasteiger charge is -2.13. The molecule has 4 rings (SSSR count). The van der Waals surface area contributed by atoms with Gasteiger partial charge in [-0.05, 0) is 42.8 Å². The predicted octanol–water partition coefficient (Wildman–Crippen LogP) is 3.81. The number of nitrogens with one attached hydrogen (secondary N) is 1. The fraction of sp³-hybridized carbons (Fsp3) is 0.136. The van der Waals surface area contributed by atoms with Gasteiger partial charge in [-0.1, -0.05) is 24.3 Å². The predicted molar refractivity (Wildman–Crippen MR) is 111 cm³/mol. The first-order valence-electron chi connectivity index (χ1n) is 8.93. The molecule has 0 fully saturated rings. The molecule has 0 unspecified atom stereocenters. The van der Waals surface area contributed by atoms with Crippen LogP contribution in [0.3, 0.4) is 0 Å². The molecule has 4 aromatic rings. The van der Waals surface area contributed by atoms with E-state index in [-0.39, 0.29) is 5.56 Å². The van der Waals surface area contributed by atoms with Crippen LogP contribution in [0.25, 0.3) is 27.7 Å². The Hall–Kier alpha value is -3.67. The summed E-state index contributed by atoms with van der Waals surface area (Å²) in [7, 11) is 3.36. The van der Waals surface area contributed by atoms with E-state index >= 15 is 0 Å². The maximum atomic E-state index is 13.3. The van der Waals surface area contributed by atoms with Gasteiger partial charge in [0.25, 0.3) is 5.56 Å². The number of benzene rings is 2. The highest BCUT2D eigenvalue weighted by Gasteiger charge is 2.13. The molecule has 6 nitrogen and oxygen atoms in total. The molecule has 0 aliphatic heterocycles. The number of anilines is 1. The zero-order valence-electron chi connectivity index (χ0n) is 15.9. The van der Waals surface area contributed by atoms with E-state index in [1.807, 2.05) is 61.5 Å². The summed E-state index contributed by atoms with van der Waals surface area (Å²) >= 11 is 0. The lowest BCUT2D eigenvalue weighted by Crippen LogP contribution is -2.22. The van der Waals surface area contributed by atoms with Gasteiger partial charge in [-0.15, -0.1) is 0 Å². The van der Waals surface area contributed by atoms with Crippen LogP contribution >= 0.6 is 0 Å². The Labute approximate surface area is 162 Å². The van der Waals surface area contributed by atoms with E-state index in [0.717, 1.165) is 22.4 Å². The van der Waals surface area contributed by atoms with E-state index in [2.05, 4.69) is 15.3 Å². The number of pyridine rings is 1. The Bertz CT molecular complexity index is 1220. The van der Waals surface area contributed by atoms with Crippen molar-refractivity contribution in [3.8, 4) is 22.7 Å². The molecular formula is C22H20N4O2. The van der Waals surface area contributed by atoms with Crippen LogP contribution in [0.15, 0.2) is 65.6 Å². The number of para-hydroxylation sites is 1. The SMILES string of the molecule is CNc1nc2ccc(-c3cnc(OC)c(C)c3)cc2c(=O)n1-c1ccccc1. The summed E-state index contributed by atoms with van der Waals surface area (Å²) in [4.78, 5) is 22.3. The van der Waals surface area contributed by atoms with Crippen molar-refractivity contribution in [3.05, 3.63) is 76.7 Å². The summed E-state index contributed by atoms with van der Waals surface area (Å²) < 4.78 is 6.82. The minimum absolute atomic E-state index is 0.124. The third-order valence-corrected chi connectivity index (χ3v) is 4.66. The second-order valence-corrected chi connectivity index (χ2v) is 6.44. The molecule has 2 heterocycles. The number of aryl methyl sites for hydroxylation is 1. The average molecular weight is 372 g/mol. The van der Waals surface area contributed by atoms with Crippen molar-refractivity contribution in [2.24, 2.45) is 0 Å². The summed E-state index contributed by atoms with van der Waals surface area (Å²) in [6.07, 6.45) is 1.75. The molecule has 140 valence electrons. The summed E-state index contributed by atoms with van der Waals surface area (Å²) in [6.45, 7) is 1.94. The van der Waals surface area contributed by atoms with E-state index in [1.54, 1.807) is 24.9 Å². The molecule has 6 heteroatoms. The van der Waals surface area contributed by atoms with Crippen LogP contribution in [0.2, 0.25) is 0 Å². The van der Waals surface area contributed by atoms with Gasteiger partial charge in [0.05, 0.1) is 23.7 Å². The Morgan fingerprint density at radius 2 is 1.82 bits per heavy atom. The molecule has 2 aromatic carbocycles. The van der Waals surface area contributed by atoms with E-state index in [9.17, 15) is 4.79 Å². The molecular weight excluding hydrogens is 352 g/mol. The summed E-state index contributed by atoms with van der Waals surface area (Å²) in [6, 6.07) is 17.2. The van der Waals surface area contributed by atoms with Crippen molar-refractivity contribution in [1.29, 1.82) is 0 Å². The van der Waals surface area contributed by atoms with Crippen molar-refractivity contribution >= 4 is 16.9 Å². The number of aromatic nitrogens is 3. The maximum Gasteiger partial charge on any atom is 0.267 e. The molecule has 0 aliphatic carbocycles. The highest BCUT2D eigenvalue weighted by molar-refractivity contribution is 5.85. The van der Waals surface area contributed by atoms with Gasteiger partial charge >= 0.3 is 0 Å². The van der Waals surface area contributed by atoms with E-state index < -0.39 is 0 Å². The Morgan fingerprint density at radius 3 is 2.50 bits per heavy atom. The fourth-order valence-corrected chi connectivity index (χ4v) is 3.28. The van der Waals surface area contributed by atoms with Gasteiger partial charge in [0.2, 0.25) is 11.8 Å². The topological polar surface area (TPSA) is 69.0 Å². The molecule has 0 aliphatic rings. The minimum Gasteiger partial charge on any atom is -0.481 e. The van der Waals surface area contributed by atoms with Crippen molar-refractivity contribution in [1.82, 2.24) is 14.5 Å². The normalized spacial score (nSPS) is 10.8. The summed E-state index contributed by atoms with van der Waals surface area (Å²) in [5, 5.41) is 3.57. The van der Waals surface area contributed by atoms with Gasteiger partial charge in [-0.3, -0.25) is 4.79 Å². The van der Waals surface area contributed by atoms with Crippen LogP contribution in [0.4, 0.5) is 5.95 Å². The van der Waals surface area contributed by atoms with Crippen LogP contribution in [-0.2, 0) is 0 Å². The van der Waals surface area contributed by atoms with Crippen molar-refractivity contribution in [3.63, 3.8) is 0 Å². The molecule has 28 heavy (non-hydrogen) atoms. The minimum atomic E-state index is -0.124. The number of ether oxygens (including phenoxy) is 1. The second-order valence-electron chi connectivity index (χ2n) is 6.44. The summed E-state index contributed by atoms with van der Waals surface area (Å²) in [5.41, 5.74) is 4.04. The molecule has 0 saturated carbocycles. The van der Waals surface area contributed by atoms with Crippen molar-refractivity contribution in [2.75, 3.05) is 19.5 Å². The molecule has 0 radical (unpaired) electrons. The third kappa shape index (κ3) is 2.99. The largest absolute Gasteiger partial charge is 0.481 e. The van der Waals surface area contributed by atoms with Crippen LogP contribution in [0.5, 0.6) is 5.88 Å². The standard InChI is InChI=1S/C22H20N4O2/c1-14-11-16(13-24-20(14)28-3)15-9-10-19-18(12-15)21(27)26(22(23-2)25-19)17-7-5-4-6-8-17/h4-13H,1-3H3,(H,23,25). The van der Waals surface area contributed by atoms with Gasteiger partial charge in [-0.25, -0.2) is 14.5 Å². The number of rotatable bonds is 4. The lowest BCUT2D eigenvalue weighted by atomic mass is 10.0. The molecule has 0 spiro atoms. The Kier molecular flexibility index (Phi) is 4.53. The van der Waals surface area contributed by atoms with Gasteiger partial charge in [0.15, 0.2) is 0 Å². The quantitative estimate of drug-likeness (QED) is 0.590. The smallest absolute Gasteiger partial charge is 0.267 e. The maximum absolute atomic E-state index is 13.3. The van der Waals surface area contributed by atoms with Crippen LogP contribution in [0, 0.1) is 6.92 Å². The highest BCUT2D eigenvalue weighted by atomic mass is 16.5. The van der Waals surface area contributed by atoms with E-state index in [0.29, 0.717) is 22.7 Å². The molecule has 0 amide bonds. The number of hydrogen-bond donors (Lipinski definition) is 1. The van der Waals surface area contributed by atoms with Crippen LogP contribution in [0.1, 0.15) is 5.56 Å². The van der Waals surface area contributed by atoms with E-state index in [4.69, 9.17) is 4.74 Å². The van der Waals surface area contributed by atoms with Crippen molar-refractivity contribution < 1.29 is 4.74 Å². The number of fused-ring (bicyclic) bond motifs is 1. The Morgan fingerprint density at radius 1 is 1.04 bits per heavy atom. The molecule has 2 aromatic heterocycles. The van der Waals surface area contributed by atoms with Gasteiger partial charge in [0, 0.05) is 24.4 Å². The molecule has 1 N–H and O–H groups in total. The van der Waals surface area contributed by atoms with Gasteiger partial charge < -0.3 is 10.1 Å². The second kappa shape index (κ2) is 7.15. The Balaban J connectivity index is 1.93. The van der Waals surface area contributed by atoms with E-state index in [1.165, 1.54) is 0 Å². The lowest BCUT2D eigenvalue weighted by molar-refractivity contribution is 0.394. The van der Waals surface area contributed by atoms with Crippen LogP contribution in [-0.4, -0.2) is 28.7 Å². The first-order chi connectivity index (χ1) is 13.6. The first-order valence-corrected chi connectivity index (χ1v) is 8.93. The monoisotopic (exact) mass is 372 g/mol. The van der Waals surface area contributed by atoms with Crippen LogP contribution < -0.4 is 15.6 Å². The fourth-order valence-electron chi connectivity index (χ4n) is 3.28. The number of hydrogen-bond acceptors (Lipinski definition) is 5. The average Bonchev–Trinajstić information content (AvgIpc) is 2.74. The third-order valence-electron chi connectivity index (χ3n) is 4.66. The first kappa shape index (κ1) is 17.7. The van der Waals surface area contributed by atoms with Crippen molar-refractivity contribution in [2.45, 2.75) is 6.92 Å². The summed E-state index contributed by atoms with van der Waals surface area (Å²) in [5.74, 6) is 1.09. The zero-order chi connectivity index (χ0) is 19.7. The number of methoxy groups -OCH3 is 1. The molecule has 0 saturated heterocycles. The highest BCUT2D eigenvalue weighted by Crippen LogP contribution is 2.26. The van der Waals surface area contributed by atoms with Gasteiger partial charge in [0.1, 0.15) is 0 Å². The molecule has 0 atom stereocenters.